The summed E-state index contributed by atoms with van der Waals surface area (Å²) in [6.07, 6.45) is 0. The predicted octanol–water partition coefficient (Wildman–Crippen LogP) is 1.73. The molecule has 0 bridgehead atoms. The fraction of sp³-hybridized carbons (Fsp3) is 0. The molecule has 0 amide bonds. The van der Waals surface area contributed by atoms with Gasteiger partial charge in [-0.15, -0.1) is 0 Å². The molecular formula is C13H11NO5S. The van der Waals surface area contributed by atoms with Gasteiger partial charge in [-0.05, 0) is 24.3 Å². The maximum absolute atomic E-state index is 11.2. The van der Waals surface area contributed by atoms with E-state index in [1.807, 2.05) is 0 Å². The molecule has 0 atom stereocenters. The Balaban J connectivity index is 2.54. The largest absolute Gasteiger partial charge is 0.478 e. The molecule has 0 heterocycles. The number of para-hydroxylation sites is 1. The van der Waals surface area contributed by atoms with Crippen molar-refractivity contribution in [1.82, 2.24) is 0 Å². The van der Waals surface area contributed by atoms with Crippen molar-refractivity contribution in [2.75, 3.05) is 5.73 Å². The number of benzene rings is 2. The van der Waals surface area contributed by atoms with Crippen LogP contribution in [0.4, 0.5) is 5.69 Å². The summed E-state index contributed by atoms with van der Waals surface area (Å²) in [5.41, 5.74) is 5.43. The Hall–Kier alpha value is -2.54. The van der Waals surface area contributed by atoms with E-state index in [4.69, 9.17) is 15.6 Å². The summed E-state index contributed by atoms with van der Waals surface area (Å²) in [7, 11) is -3.04. The molecule has 0 aromatic heterocycles. The summed E-state index contributed by atoms with van der Waals surface area (Å²) in [4.78, 5) is 10.6. The fourth-order valence-corrected chi connectivity index (χ4v) is 2.20. The molecule has 0 saturated heterocycles. The van der Waals surface area contributed by atoms with Gasteiger partial charge in [0, 0.05) is 0 Å². The van der Waals surface area contributed by atoms with Crippen LogP contribution in [-0.2, 0) is 10.7 Å². The molecule has 0 unspecified atom stereocenters. The standard InChI is InChI=1S/C13H11NO5S/c14-10-6-8(13(15)16)7-11(20(17)18)12(10)19-9-4-2-1-3-5-9/h1-7,20H,14H2,(H,15,16). The second kappa shape index (κ2) is 5.62. The first-order valence-electron chi connectivity index (χ1n) is 5.53. The zero-order valence-electron chi connectivity index (χ0n) is 10.1. The zero-order chi connectivity index (χ0) is 14.7. The van der Waals surface area contributed by atoms with E-state index in [1.165, 1.54) is 0 Å². The minimum Gasteiger partial charge on any atom is -0.478 e. The predicted molar refractivity (Wildman–Crippen MR) is 72.9 cm³/mol. The van der Waals surface area contributed by atoms with Crippen LogP contribution in [0, 0.1) is 0 Å². The van der Waals surface area contributed by atoms with Gasteiger partial charge >= 0.3 is 5.97 Å². The molecule has 104 valence electrons. The van der Waals surface area contributed by atoms with Gasteiger partial charge in [-0.2, -0.15) is 0 Å². The van der Waals surface area contributed by atoms with Crippen molar-refractivity contribution >= 4 is 22.4 Å². The molecule has 2 aromatic carbocycles. The zero-order valence-corrected chi connectivity index (χ0v) is 11.0. The summed E-state index contributed by atoms with van der Waals surface area (Å²) in [6.45, 7) is 0. The van der Waals surface area contributed by atoms with E-state index >= 15 is 0 Å². The third-order valence-electron chi connectivity index (χ3n) is 2.50. The number of rotatable bonds is 4. The molecule has 0 radical (unpaired) electrons. The van der Waals surface area contributed by atoms with Crippen molar-refractivity contribution in [3.63, 3.8) is 0 Å². The lowest BCUT2D eigenvalue weighted by molar-refractivity contribution is 0.0696. The Morgan fingerprint density at radius 3 is 2.35 bits per heavy atom. The van der Waals surface area contributed by atoms with Gasteiger partial charge in [0.15, 0.2) is 16.5 Å². The first-order valence-corrected chi connectivity index (χ1v) is 6.71. The van der Waals surface area contributed by atoms with Gasteiger partial charge in [-0.3, -0.25) is 0 Å². The average Bonchev–Trinajstić information content (AvgIpc) is 2.41. The van der Waals surface area contributed by atoms with Crippen LogP contribution in [0.2, 0.25) is 0 Å². The number of carbonyl (C=O) groups is 1. The van der Waals surface area contributed by atoms with E-state index in [1.54, 1.807) is 30.3 Å². The van der Waals surface area contributed by atoms with Crippen LogP contribution in [0.1, 0.15) is 10.4 Å². The quantitative estimate of drug-likeness (QED) is 0.585. The summed E-state index contributed by atoms with van der Waals surface area (Å²) in [5.74, 6) is -0.932. The molecule has 2 aromatic rings. The van der Waals surface area contributed by atoms with Crippen molar-refractivity contribution in [1.29, 1.82) is 0 Å². The van der Waals surface area contributed by atoms with Gasteiger partial charge in [-0.1, -0.05) is 18.2 Å². The third-order valence-corrected chi connectivity index (χ3v) is 3.23. The number of nitrogens with two attached hydrogens (primary N) is 1. The van der Waals surface area contributed by atoms with Gasteiger partial charge in [-0.25, -0.2) is 13.2 Å². The van der Waals surface area contributed by atoms with Crippen LogP contribution in [0.3, 0.4) is 0 Å². The summed E-state index contributed by atoms with van der Waals surface area (Å²) in [6, 6.07) is 10.6. The SMILES string of the molecule is Nc1cc(C(=O)O)cc([SH](=O)=O)c1Oc1ccccc1. The molecule has 0 spiro atoms. The molecule has 0 saturated carbocycles. The van der Waals surface area contributed by atoms with Crippen LogP contribution < -0.4 is 10.5 Å². The summed E-state index contributed by atoms with van der Waals surface area (Å²) in [5, 5.41) is 8.90. The van der Waals surface area contributed by atoms with Crippen molar-refractivity contribution in [2.45, 2.75) is 4.90 Å². The van der Waals surface area contributed by atoms with Gasteiger partial charge < -0.3 is 15.6 Å². The average molecular weight is 293 g/mol. The molecule has 3 N–H and O–H groups in total. The van der Waals surface area contributed by atoms with E-state index < -0.39 is 16.7 Å². The second-order valence-corrected chi connectivity index (χ2v) is 4.89. The number of hydrogen-bond donors (Lipinski definition) is 3. The van der Waals surface area contributed by atoms with Crippen molar-refractivity contribution in [3.8, 4) is 11.5 Å². The molecule has 2 rings (SSSR count). The summed E-state index contributed by atoms with van der Waals surface area (Å²) >= 11 is 0. The molecule has 0 fully saturated rings. The lowest BCUT2D eigenvalue weighted by Crippen LogP contribution is -2.03. The second-order valence-electron chi connectivity index (χ2n) is 3.89. The number of aromatic carboxylic acids is 1. The normalized spacial score (nSPS) is 10.4. The minimum absolute atomic E-state index is 0.0528. The first-order chi connectivity index (χ1) is 9.49. The van der Waals surface area contributed by atoms with E-state index in [2.05, 4.69) is 0 Å². The van der Waals surface area contributed by atoms with Gasteiger partial charge in [0.2, 0.25) is 0 Å². The molecule has 0 aliphatic carbocycles. The van der Waals surface area contributed by atoms with E-state index in [0.717, 1.165) is 12.1 Å². The molecule has 6 nitrogen and oxygen atoms in total. The number of carboxylic acids is 1. The highest BCUT2D eigenvalue weighted by molar-refractivity contribution is 7.72. The Bertz CT molecular complexity index is 717. The molecule has 0 aliphatic rings. The van der Waals surface area contributed by atoms with E-state index in [9.17, 15) is 13.2 Å². The van der Waals surface area contributed by atoms with Crippen molar-refractivity contribution in [2.24, 2.45) is 0 Å². The van der Waals surface area contributed by atoms with Crippen molar-refractivity contribution in [3.05, 3.63) is 48.0 Å². The molecular weight excluding hydrogens is 282 g/mol. The minimum atomic E-state index is -3.04. The highest BCUT2D eigenvalue weighted by atomic mass is 32.2. The smallest absolute Gasteiger partial charge is 0.335 e. The van der Waals surface area contributed by atoms with Crippen LogP contribution in [0.5, 0.6) is 11.5 Å². The number of anilines is 1. The number of ether oxygens (including phenoxy) is 1. The number of thiol groups is 1. The van der Waals surface area contributed by atoms with Crippen LogP contribution in [0.25, 0.3) is 0 Å². The lowest BCUT2D eigenvalue weighted by atomic mass is 10.2. The monoisotopic (exact) mass is 293 g/mol. The van der Waals surface area contributed by atoms with Crippen LogP contribution >= 0.6 is 0 Å². The fourth-order valence-electron chi connectivity index (χ4n) is 1.61. The Morgan fingerprint density at radius 1 is 1.15 bits per heavy atom. The molecule has 0 aliphatic heterocycles. The highest BCUT2D eigenvalue weighted by Gasteiger charge is 2.16. The number of hydrogen-bond acceptors (Lipinski definition) is 5. The third kappa shape index (κ3) is 2.89. The van der Waals surface area contributed by atoms with Gasteiger partial charge in [0.1, 0.15) is 10.6 Å². The van der Waals surface area contributed by atoms with Crippen LogP contribution in [0.15, 0.2) is 47.4 Å². The Kier molecular flexibility index (Phi) is 3.90. The number of nitrogen functional groups attached to an aromatic ring is 1. The molecule has 7 heteroatoms. The van der Waals surface area contributed by atoms with Crippen LogP contribution in [-0.4, -0.2) is 19.5 Å². The van der Waals surface area contributed by atoms with E-state index in [-0.39, 0.29) is 21.9 Å². The van der Waals surface area contributed by atoms with Gasteiger partial charge in [0.05, 0.1) is 11.3 Å². The Labute approximate surface area is 116 Å². The van der Waals surface area contributed by atoms with E-state index in [0.29, 0.717) is 5.75 Å². The Morgan fingerprint density at radius 2 is 1.80 bits per heavy atom. The summed E-state index contributed by atoms with van der Waals surface area (Å²) < 4.78 is 27.9. The lowest BCUT2D eigenvalue weighted by Gasteiger charge is -2.11. The topological polar surface area (TPSA) is 107 Å². The van der Waals surface area contributed by atoms with Crippen molar-refractivity contribution < 1.29 is 23.1 Å². The van der Waals surface area contributed by atoms with Gasteiger partial charge in [0.25, 0.3) is 0 Å². The molecule has 20 heavy (non-hydrogen) atoms. The number of carboxylic acid groups (broad SMARTS) is 1. The highest BCUT2D eigenvalue weighted by Crippen LogP contribution is 2.33. The maximum atomic E-state index is 11.2. The first kappa shape index (κ1) is 13.9. The maximum Gasteiger partial charge on any atom is 0.335 e.